The fourth-order valence-corrected chi connectivity index (χ4v) is 3.70. The first kappa shape index (κ1) is 19.8. The van der Waals surface area contributed by atoms with Crippen LogP contribution in [0.5, 0.6) is 5.75 Å². The van der Waals surface area contributed by atoms with Crippen LogP contribution in [0.15, 0.2) is 42.5 Å². The highest BCUT2D eigenvalue weighted by Crippen LogP contribution is 2.28. The maximum atomic E-state index is 12.4. The van der Waals surface area contributed by atoms with E-state index in [1.54, 1.807) is 12.1 Å². The molecule has 0 spiro atoms. The topological polar surface area (TPSA) is 98.7 Å². The van der Waals surface area contributed by atoms with E-state index in [4.69, 9.17) is 0 Å². The van der Waals surface area contributed by atoms with Crippen molar-refractivity contribution in [3.05, 3.63) is 53.6 Å². The second kappa shape index (κ2) is 8.35. The van der Waals surface area contributed by atoms with Gasteiger partial charge in [-0.3, -0.25) is 19.7 Å². The highest BCUT2D eigenvalue weighted by atomic mass is 32.2. The van der Waals surface area contributed by atoms with Gasteiger partial charge in [-0.15, -0.1) is 0 Å². The summed E-state index contributed by atoms with van der Waals surface area (Å²) in [5.41, 5.74) is 2.92. The van der Waals surface area contributed by atoms with Crippen LogP contribution in [0.1, 0.15) is 11.1 Å². The smallest absolute Gasteiger partial charge is 0.286 e. The summed E-state index contributed by atoms with van der Waals surface area (Å²) in [6, 6.07) is 12.4. The lowest BCUT2D eigenvalue weighted by Crippen LogP contribution is -2.25. The van der Waals surface area contributed by atoms with Gasteiger partial charge >= 0.3 is 0 Å². The third kappa shape index (κ3) is 4.83. The third-order valence-electron chi connectivity index (χ3n) is 4.34. The van der Waals surface area contributed by atoms with Gasteiger partial charge in [-0.25, -0.2) is 0 Å². The van der Waals surface area contributed by atoms with Crippen LogP contribution in [-0.2, 0) is 22.4 Å². The van der Waals surface area contributed by atoms with E-state index in [0.29, 0.717) is 6.42 Å². The number of imide groups is 1. The van der Waals surface area contributed by atoms with Crippen molar-refractivity contribution in [3.63, 3.8) is 0 Å². The number of phenols is 1. The van der Waals surface area contributed by atoms with Crippen LogP contribution in [0, 0.1) is 0 Å². The molecule has 1 atom stereocenters. The third-order valence-corrected chi connectivity index (χ3v) is 5.32. The Hall–Kier alpha value is -3.00. The van der Waals surface area contributed by atoms with E-state index in [1.165, 1.54) is 6.07 Å². The molecule has 8 heteroatoms. The van der Waals surface area contributed by atoms with Crippen molar-refractivity contribution in [2.45, 2.75) is 18.1 Å². The minimum absolute atomic E-state index is 0.0559. The maximum absolute atomic E-state index is 12.4. The Morgan fingerprint density at radius 3 is 2.43 bits per heavy atom. The van der Waals surface area contributed by atoms with E-state index in [-0.39, 0.29) is 34.9 Å². The molecule has 28 heavy (non-hydrogen) atoms. The van der Waals surface area contributed by atoms with Crippen LogP contribution >= 0.6 is 11.8 Å². The van der Waals surface area contributed by atoms with E-state index < -0.39 is 5.25 Å². The maximum Gasteiger partial charge on any atom is 0.286 e. The summed E-state index contributed by atoms with van der Waals surface area (Å²) in [6.45, 7) is 0. The molecular formula is C20H21N3O4S. The molecule has 1 aliphatic heterocycles. The fourth-order valence-electron chi connectivity index (χ4n) is 2.84. The Kier molecular flexibility index (Phi) is 5.89. The van der Waals surface area contributed by atoms with E-state index in [9.17, 15) is 19.5 Å². The number of benzene rings is 2. The molecule has 7 nitrogen and oxygen atoms in total. The van der Waals surface area contributed by atoms with Crippen LogP contribution < -0.4 is 15.5 Å². The number of carbonyl (C=O) groups excluding carboxylic acids is 3. The minimum Gasteiger partial charge on any atom is -0.506 e. The summed E-state index contributed by atoms with van der Waals surface area (Å²) < 4.78 is 0. The predicted octanol–water partition coefficient (Wildman–Crippen LogP) is 2.53. The molecule has 1 saturated heterocycles. The summed E-state index contributed by atoms with van der Waals surface area (Å²) >= 11 is 0.944. The van der Waals surface area contributed by atoms with Crippen molar-refractivity contribution in [2.24, 2.45) is 0 Å². The number of aromatic hydroxyl groups is 1. The van der Waals surface area contributed by atoms with Crippen LogP contribution in [0.4, 0.5) is 16.2 Å². The number of hydrogen-bond acceptors (Lipinski definition) is 6. The largest absolute Gasteiger partial charge is 0.506 e. The number of thioether (sulfide) groups is 1. The van der Waals surface area contributed by atoms with Gasteiger partial charge in [0.05, 0.1) is 17.4 Å². The first-order valence-corrected chi connectivity index (χ1v) is 9.59. The van der Waals surface area contributed by atoms with Crippen molar-refractivity contribution in [1.82, 2.24) is 5.32 Å². The van der Waals surface area contributed by atoms with Gasteiger partial charge in [-0.05, 0) is 41.8 Å². The number of carbonyl (C=O) groups is 3. The van der Waals surface area contributed by atoms with E-state index in [2.05, 4.69) is 10.6 Å². The lowest BCUT2D eigenvalue weighted by atomic mass is 10.1. The SMILES string of the molecule is CN(C)c1ccc(CC(=O)Nc2cc(CC3SC(=O)NC3=O)ccc2O)cc1. The standard InChI is InChI=1S/C20H21N3O4S/c1-23(2)14-6-3-12(4-7-14)11-18(25)21-15-9-13(5-8-16(15)24)10-17-19(26)22-20(27)28-17/h3-9,17,24H,10-11H2,1-2H3,(H,21,25)(H,22,26,27). The van der Waals surface area contributed by atoms with Gasteiger partial charge in [0.25, 0.3) is 5.24 Å². The quantitative estimate of drug-likeness (QED) is 0.646. The lowest BCUT2D eigenvalue weighted by Gasteiger charge is -2.13. The number of nitrogens with zero attached hydrogens (tertiary/aromatic N) is 1. The Balaban J connectivity index is 1.65. The molecule has 3 rings (SSSR count). The predicted molar refractivity (Wildman–Crippen MR) is 110 cm³/mol. The zero-order valence-corrected chi connectivity index (χ0v) is 16.4. The zero-order valence-electron chi connectivity index (χ0n) is 15.6. The van der Waals surface area contributed by atoms with Crippen LogP contribution in [0.2, 0.25) is 0 Å². The first-order chi connectivity index (χ1) is 13.3. The van der Waals surface area contributed by atoms with E-state index in [1.807, 2.05) is 43.3 Å². The summed E-state index contributed by atoms with van der Waals surface area (Å²) in [4.78, 5) is 37.3. The second-order valence-electron chi connectivity index (χ2n) is 6.72. The molecule has 1 heterocycles. The van der Waals surface area contributed by atoms with Crippen molar-refractivity contribution in [2.75, 3.05) is 24.3 Å². The molecule has 0 bridgehead atoms. The zero-order chi connectivity index (χ0) is 20.3. The average molecular weight is 399 g/mol. The van der Waals surface area contributed by atoms with Gasteiger partial charge in [-0.1, -0.05) is 30.0 Å². The monoisotopic (exact) mass is 399 g/mol. The number of hydrogen-bond donors (Lipinski definition) is 3. The molecule has 2 aromatic rings. The van der Waals surface area contributed by atoms with Gasteiger partial charge in [0, 0.05) is 19.8 Å². The number of nitrogens with one attached hydrogen (secondary N) is 2. The minimum atomic E-state index is -0.504. The molecule has 3 N–H and O–H groups in total. The summed E-state index contributed by atoms with van der Waals surface area (Å²) in [7, 11) is 3.89. The highest BCUT2D eigenvalue weighted by molar-refractivity contribution is 8.15. The number of anilines is 2. The second-order valence-corrected chi connectivity index (χ2v) is 7.90. The summed E-state index contributed by atoms with van der Waals surface area (Å²) in [5.74, 6) is -0.636. The number of rotatable bonds is 6. The molecule has 1 unspecified atom stereocenters. The molecule has 1 aliphatic rings. The van der Waals surface area contributed by atoms with E-state index in [0.717, 1.165) is 28.6 Å². The lowest BCUT2D eigenvalue weighted by molar-refractivity contribution is -0.119. The molecule has 0 saturated carbocycles. The Labute approximate surface area is 167 Å². The average Bonchev–Trinajstić information content (AvgIpc) is 2.95. The molecule has 1 fully saturated rings. The van der Waals surface area contributed by atoms with Crippen LogP contribution in [-0.4, -0.2) is 41.5 Å². The molecule has 2 aromatic carbocycles. The number of amides is 3. The normalized spacial score (nSPS) is 16.0. The molecule has 146 valence electrons. The molecule has 3 amide bonds. The Bertz CT molecular complexity index is 912. The van der Waals surface area contributed by atoms with Crippen LogP contribution in [0.3, 0.4) is 0 Å². The van der Waals surface area contributed by atoms with Gasteiger partial charge < -0.3 is 15.3 Å². The molecule has 0 radical (unpaired) electrons. The van der Waals surface area contributed by atoms with Gasteiger partial charge in [-0.2, -0.15) is 0 Å². The molecular weight excluding hydrogens is 378 g/mol. The highest BCUT2D eigenvalue weighted by Gasteiger charge is 2.31. The first-order valence-electron chi connectivity index (χ1n) is 8.71. The van der Waals surface area contributed by atoms with Gasteiger partial charge in [0.15, 0.2) is 0 Å². The van der Waals surface area contributed by atoms with E-state index >= 15 is 0 Å². The molecule has 0 aromatic heterocycles. The van der Waals surface area contributed by atoms with Crippen molar-refractivity contribution < 1.29 is 19.5 Å². The van der Waals surface area contributed by atoms with Gasteiger partial charge in [0.1, 0.15) is 5.75 Å². The number of phenolic OH excluding ortho intramolecular Hbond substituents is 1. The van der Waals surface area contributed by atoms with Crippen molar-refractivity contribution in [1.29, 1.82) is 0 Å². The molecule has 0 aliphatic carbocycles. The summed E-state index contributed by atoms with van der Waals surface area (Å²) in [6.07, 6.45) is 0.504. The fraction of sp³-hybridized carbons (Fsp3) is 0.250. The van der Waals surface area contributed by atoms with Crippen molar-refractivity contribution >= 4 is 40.2 Å². The van der Waals surface area contributed by atoms with Gasteiger partial charge in [0.2, 0.25) is 11.8 Å². The Morgan fingerprint density at radius 2 is 1.82 bits per heavy atom. The van der Waals surface area contributed by atoms with Crippen LogP contribution in [0.25, 0.3) is 0 Å². The van der Waals surface area contributed by atoms with Crippen molar-refractivity contribution in [3.8, 4) is 5.75 Å². The Morgan fingerprint density at radius 1 is 1.14 bits per heavy atom. The summed E-state index contributed by atoms with van der Waals surface area (Å²) in [5, 5.41) is 14.1.